The van der Waals surface area contributed by atoms with E-state index in [1.165, 1.54) is 17.0 Å². The molecule has 3 aromatic rings. The lowest BCUT2D eigenvalue weighted by Crippen LogP contribution is -2.29. The van der Waals surface area contributed by atoms with E-state index in [1.54, 1.807) is 48.5 Å². The maximum absolute atomic E-state index is 13.3. The largest absolute Gasteiger partial charge is 0.507 e. The molecule has 0 aliphatic carbocycles. The second-order valence-electron chi connectivity index (χ2n) is 9.04. The van der Waals surface area contributed by atoms with Crippen LogP contribution in [0, 0.1) is 12.8 Å². The van der Waals surface area contributed by atoms with Crippen LogP contribution < -0.4 is 9.64 Å². The third-order valence-corrected chi connectivity index (χ3v) is 6.38. The fourth-order valence-corrected chi connectivity index (χ4v) is 4.48. The van der Waals surface area contributed by atoms with Crippen LogP contribution in [0.2, 0.25) is 10.0 Å². The second kappa shape index (κ2) is 10.2. The summed E-state index contributed by atoms with van der Waals surface area (Å²) >= 11 is 12.3. The smallest absolute Gasteiger partial charge is 0.300 e. The Hall–Kier alpha value is -3.48. The van der Waals surface area contributed by atoms with Crippen molar-refractivity contribution in [2.24, 2.45) is 5.92 Å². The van der Waals surface area contributed by atoms with Gasteiger partial charge in [-0.15, -0.1) is 0 Å². The molecular weight excluding hydrogens is 501 g/mol. The topological polar surface area (TPSA) is 87.1 Å². The molecule has 1 atom stereocenters. The van der Waals surface area contributed by atoms with Crippen LogP contribution in [0.3, 0.4) is 0 Å². The maximum Gasteiger partial charge on any atom is 0.300 e. The Bertz CT molecular complexity index is 1380. The van der Waals surface area contributed by atoms with Gasteiger partial charge in [-0.2, -0.15) is 0 Å². The number of carbonyl (C=O) groups is 2. The van der Waals surface area contributed by atoms with Gasteiger partial charge in [0.05, 0.1) is 23.2 Å². The number of rotatable bonds is 6. The Kier molecular flexibility index (Phi) is 7.29. The van der Waals surface area contributed by atoms with Crippen LogP contribution in [0.4, 0.5) is 5.69 Å². The zero-order valence-corrected chi connectivity index (χ0v) is 21.5. The number of nitrogens with zero attached hydrogens (tertiary/aromatic N) is 1. The number of aliphatic hydroxyl groups is 1. The predicted octanol–water partition coefficient (Wildman–Crippen LogP) is 6.67. The van der Waals surface area contributed by atoms with Gasteiger partial charge in [-0.05, 0) is 72.5 Å². The van der Waals surface area contributed by atoms with Crippen molar-refractivity contribution in [2.45, 2.75) is 26.8 Å². The zero-order chi connectivity index (χ0) is 26.1. The summed E-state index contributed by atoms with van der Waals surface area (Å²) in [5.41, 5.74) is 1.85. The molecule has 2 N–H and O–H groups in total. The number of anilines is 1. The minimum atomic E-state index is -1.00. The van der Waals surface area contributed by atoms with E-state index in [0.29, 0.717) is 40.1 Å². The number of phenolic OH excluding ortho intramolecular Hbond substituents is 1. The molecule has 0 saturated carbocycles. The number of hydrogen-bond acceptors (Lipinski definition) is 5. The van der Waals surface area contributed by atoms with Crippen molar-refractivity contribution >= 4 is 46.3 Å². The molecule has 0 radical (unpaired) electrons. The number of benzene rings is 3. The fraction of sp³-hybridized carbons (Fsp3) is 0.214. The first kappa shape index (κ1) is 25.6. The van der Waals surface area contributed by atoms with Gasteiger partial charge < -0.3 is 14.9 Å². The molecule has 1 aliphatic rings. The lowest BCUT2D eigenvalue weighted by atomic mass is 9.94. The van der Waals surface area contributed by atoms with E-state index in [1.807, 2.05) is 20.8 Å². The van der Waals surface area contributed by atoms with Gasteiger partial charge in [0, 0.05) is 16.3 Å². The van der Waals surface area contributed by atoms with Gasteiger partial charge in [-0.25, -0.2) is 0 Å². The van der Waals surface area contributed by atoms with Gasteiger partial charge in [0.2, 0.25) is 0 Å². The monoisotopic (exact) mass is 525 g/mol. The van der Waals surface area contributed by atoms with Gasteiger partial charge in [0.15, 0.2) is 0 Å². The van der Waals surface area contributed by atoms with Crippen molar-refractivity contribution in [1.29, 1.82) is 0 Å². The minimum absolute atomic E-state index is 0.0479. The highest BCUT2D eigenvalue weighted by Crippen LogP contribution is 2.44. The number of aryl methyl sites for hydroxylation is 1. The second-order valence-corrected chi connectivity index (χ2v) is 9.89. The lowest BCUT2D eigenvalue weighted by Gasteiger charge is -2.26. The third-order valence-electron chi connectivity index (χ3n) is 5.84. The highest BCUT2D eigenvalue weighted by molar-refractivity contribution is 6.52. The molecule has 1 saturated heterocycles. The van der Waals surface area contributed by atoms with Gasteiger partial charge in [0.25, 0.3) is 11.7 Å². The Labute approximate surface area is 219 Å². The number of hydrogen-bond donors (Lipinski definition) is 2. The van der Waals surface area contributed by atoms with Crippen LogP contribution in [0.1, 0.15) is 36.6 Å². The lowest BCUT2D eigenvalue weighted by molar-refractivity contribution is -0.132. The average Bonchev–Trinajstić information content (AvgIpc) is 3.10. The number of Topliss-reactive ketones (excluding diaryl/α,β-unsaturated/α-hetero) is 1. The molecule has 3 aromatic carbocycles. The summed E-state index contributed by atoms with van der Waals surface area (Å²) in [5.74, 6) is -1.13. The normalized spacial score (nSPS) is 17.2. The molecule has 8 heteroatoms. The first-order chi connectivity index (χ1) is 17.1. The molecule has 4 rings (SSSR count). The molecular formula is C28H25Cl2NO5. The Morgan fingerprint density at radius 3 is 2.44 bits per heavy atom. The molecule has 0 aromatic heterocycles. The van der Waals surface area contributed by atoms with E-state index in [2.05, 4.69) is 0 Å². The van der Waals surface area contributed by atoms with Gasteiger partial charge in [-0.1, -0.05) is 49.2 Å². The summed E-state index contributed by atoms with van der Waals surface area (Å²) in [7, 11) is 0. The highest BCUT2D eigenvalue weighted by Gasteiger charge is 2.47. The van der Waals surface area contributed by atoms with Crippen molar-refractivity contribution in [3.05, 3.63) is 93.0 Å². The number of phenols is 1. The van der Waals surface area contributed by atoms with Crippen molar-refractivity contribution in [3.63, 3.8) is 0 Å². The van der Waals surface area contributed by atoms with E-state index in [4.69, 9.17) is 27.9 Å². The van der Waals surface area contributed by atoms with Crippen LogP contribution in [0.25, 0.3) is 5.76 Å². The summed E-state index contributed by atoms with van der Waals surface area (Å²) in [6.45, 7) is 6.47. The first-order valence-electron chi connectivity index (χ1n) is 11.4. The number of carbonyl (C=O) groups excluding carboxylic acids is 2. The van der Waals surface area contributed by atoms with Crippen LogP contribution in [-0.2, 0) is 9.59 Å². The summed E-state index contributed by atoms with van der Waals surface area (Å²) < 4.78 is 5.82. The molecule has 6 nitrogen and oxygen atoms in total. The van der Waals surface area contributed by atoms with Crippen molar-refractivity contribution in [3.8, 4) is 11.5 Å². The predicted molar refractivity (Wildman–Crippen MR) is 141 cm³/mol. The molecule has 186 valence electrons. The first-order valence-corrected chi connectivity index (χ1v) is 12.1. The van der Waals surface area contributed by atoms with E-state index < -0.39 is 17.7 Å². The summed E-state index contributed by atoms with van der Waals surface area (Å²) in [4.78, 5) is 27.8. The van der Waals surface area contributed by atoms with Gasteiger partial charge in [0.1, 0.15) is 17.3 Å². The Morgan fingerprint density at radius 2 is 1.81 bits per heavy atom. The third kappa shape index (κ3) is 4.92. The number of ketones is 1. The van der Waals surface area contributed by atoms with E-state index in [0.717, 1.165) is 5.56 Å². The SMILES string of the molecule is Cc1cc(/C(O)=C2/C(=O)C(=O)N(c3cccc(Cl)c3)C2c2ccc(O)c(Cl)c2)ccc1OCC(C)C. The molecule has 36 heavy (non-hydrogen) atoms. The summed E-state index contributed by atoms with van der Waals surface area (Å²) in [5, 5.41) is 21.7. The van der Waals surface area contributed by atoms with Crippen molar-refractivity contribution < 1.29 is 24.5 Å². The van der Waals surface area contributed by atoms with Crippen LogP contribution in [0.15, 0.2) is 66.2 Å². The van der Waals surface area contributed by atoms with Crippen LogP contribution in [0.5, 0.6) is 11.5 Å². The van der Waals surface area contributed by atoms with Gasteiger partial charge in [-0.3, -0.25) is 14.5 Å². The highest BCUT2D eigenvalue weighted by atomic mass is 35.5. The van der Waals surface area contributed by atoms with Crippen LogP contribution in [-0.4, -0.2) is 28.5 Å². The average molecular weight is 526 g/mol. The number of halogens is 2. The summed E-state index contributed by atoms with van der Waals surface area (Å²) in [6.07, 6.45) is 0. The molecule has 1 fully saturated rings. The molecule has 1 unspecified atom stereocenters. The summed E-state index contributed by atoms with van der Waals surface area (Å²) in [6, 6.07) is 15.0. The Balaban J connectivity index is 1.88. The maximum atomic E-state index is 13.3. The number of aliphatic hydroxyl groups excluding tert-OH is 1. The molecule has 0 spiro atoms. The van der Waals surface area contributed by atoms with E-state index in [9.17, 15) is 19.8 Å². The molecule has 1 amide bonds. The van der Waals surface area contributed by atoms with Crippen molar-refractivity contribution in [1.82, 2.24) is 0 Å². The number of aromatic hydroxyl groups is 1. The van der Waals surface area contributed by atoms with E-state index >= 15 is 0 Å². The van der Waals surface area contributed by atoms with Crippen LogP contribution >= 0.6 is 23.2 Å². The standard InChI is InChI=1S/C28H25Cl2NO5/c1-15(2)14-36-23-10-8-18(11-16(23)3)26(33)24-25(17-7-9-22(32)21(30)12-17)31(28(35)27(24)34)20-6-4-5-19(29)13-20/h4-13,15,25,32-33H,14H2,1-3H3/b26-24-. The van der Waals surface area contributed by atoms with Gasteiger partial charge >= 0.3 is 0 Å². The molecule has 0 bridgehead atoms. The fourth-order valence-electron chi connectivity index (χ4n) is 4.10. The zero-order valence-electron chi connectivity index (χ0n) is 20.0. The Morgan fingerprint density at radius 1 is 1.06 bits per heavy atom. The quantitative estimate of drug-likeness (QED) is 0.213. The molecule has 1 heterocycles. The number of amides is 1. The van der Waals surface area contributed by atoms with E-state index in [-0.39, 0.29) is 22.1 Å². The minimum Gasteiger partial charge on any atom is -0.507 e. The number of ether oxygens (including phenoxy) is 1. The molecule has 1 aliphatic heterocycles. The van der Waals surface area contributed by atoms with Crippen molar-refractivity contribution in [2.75, 3.05) is 11.5 Å².